The van der Waals surface area contributed by atoms with Gasteiger partial charge in [-0.1, -0.05) is 63.2 Å². The number of carbonyl (C=O) groups is 1. The molecule has 1 N–H and O–H groups in total. The van der Waals surface area contributed by atoms with Crippen LogP contribution in [0.2, 0.25) is 0 Å². The van der Waals surface area contributed by atoms with E-state index in [0.29, 0.717) is 6.42 Å². The lowest BCUT2D eigenvalue weighted by Gasteiger charge is -2.34. The normalized spacial score (nSPS) is 14.7. The van der Waals surface area contributed by atoms with E-state index in [9.17, 15) is 18.7 Å². The topological polar surface area (TPSA) is 75.6 Å². The summed E-state index contributed by atoms with van der Waals surface area (Å²) in [7, 11) is 0. The fourth-order valence-corrected chi connectivity index (χ4v) is 4.60. The maximum absolute atomic E-state index is 13.9. The summed E-state index contributed by atoms with van der Waals surface area (Å²) in [6.45, 7) is 8.15. The van der Waals surface area contributed by atoms with Crippen LogP contribution in [0.15, 0.2) is 54.6 Å². The lowest BCUT2D eigenvalue weighted by Crippen LogP contribution is -2.34. The van der Waals surface area contributed by atoms with Gasteiger partial charge in [0.2, 0.25) is 0 Å². The molecule has 1 aliphatic rings. The maximum atomic E-state index is 13.9. The van der Waals surface area contributed by atoms with Gasteiger partial charge in [-0.25, -0.2) is 23.5 Å². The highest BCUT2D eigenvalue weighted by molar-refractivity contribution is 5.89. The summed E-state index contributed by atoms with van der Waals surface area (Å²) < 4.78 is 33.4. The van der Waals surface area contributed by atoms with E-state index in [1.165, 1.54) is 5.56 Å². The van der Waals surface area contributed by atoms with Gasteiger partial charge in [0, 0.05) is 25.2 Å². The number of anilines is 1. The minimum Gasteiger partial charge on any atom is -0.484 e. The van der Waals surface area contributed by atoms with Crippen LogP contribution in [0.5, 0.6) is 5.75 Å². The molecule has 1 aromatic heterocycles. The minimum absolute atomic E-state index is 0.0568. The molecule has 0 radical (unpaired) electrons. The number of carboxylic acid groups (broad SMARTS) is 1. The van der Waals surface area contributed by atoms with Crippen LogP contribution in [0.25, 0.3) is 0 Å². The van der Waals surface area contributed by atoms with Gasteiger partial charge in [0.1, 0.15) is 12.4 Å². The van der Waals surface area contributed by atoms with E-state index in [0.717, 1.165) is 37.2 Å². The summed E-state index contributed by atoms with van der Waals surface area (Å²) in [6.07, 6.45) is -0.967. The average Bonchev–Trinajstić information content (AvgIpc) is 2.88. The van der Waals surface area contributed by atoms with Crippen molar-refractivity contribution in [3.05, 3.63) is 82.9 Å². The summed E-state index contributed by atoms with van der Waals surface area (Å²) >= 11 is 0. The van der Waals surface area contributed by atoms with Crippen LogP contribution in [-0.2, 0) is 18.4 Å². The molecular weight excluding hydrogens is 476 g/mol. The van der Waals surface area contributed by atoms with Gasteiger partial charge in [0.15, 0.2) is 17.1 Å². The zero-order valence-corrected chi connectivity index (χ0v) is 21.5. The quantitative estimate of drug-likeness (QED) is 0.376. The summed E-state index contributed by atoms with van der Waals surface area (Å²) in [5, 5.41) is 9.71. The Bertz CT molecular complexity index is 1200. The predicted octanol–water partition coefficient (Wildman–Crippen LogP) is 6.45. The number of hydrogen-bond acceptors (Lipinski definition) is 5. The van der Waals surface area contributed by atoms with E-state index in [2.05, 4.69) is 59.9 Å². The van der Waals surface area contributed by atoms with Crippen molar-refractivity contribution in [3.8, 4) is 5.75 Å². The summed E-state index contributed by atoms with van der Waals surface area (Å²) in [5.74, 6) is -1.59. The number of ether oxygens (including phenoxy) is 1. The predicted molar refractivity (Wildman–Crippen MR) is 139 cm³/mol. The number of aromatic carboxylic acids is 1. The Morgan fingerprint density at radius 2 is 1.70 bits per heavy atom. The SMILES string of the molecule is CC(C)(C)c1ccc(N2CCC(Cc3nc(C(=O)O)c(OCc4ccccc4)c(C(F)F)n3)CC2)cc1. The number of alkyl halides is 2. The van der Waals surface area contributed by atoms with Gasteiger partial charge < -0.3 is 14.7 Å². The molecule has 0 aliphatic carbocycles. The van der Waals surface area contributed by atoms with E-state index in [1.54, 1.807) is 24.3 Å². The smallest absolute Gasteiger partial charge is 0.358 e. The minimum atomic E-state index is -2.98. The van der Waals surface area contributed by atoms with Crippen LogP contribution in [0.4, 0.5) is 14.5 Å². The second kappa shape index (κ2) is 11.2. The fourth-order valence-electron chi connectivity index (χ4n) is 4.60. The van der Waals surface area contributed by atoms with Crippen molar-refractivity contribution in [2.24, 2.45) is 5.92 Å². The number of benzene rings is 2. The van der Waals surface area contributed by atoms with Gasteiger partial charge in [0.25, 0.3) is 6.43 Å². The molecule has 0 unspecified atom stereocenters. The van der Waals surface area contributed by atoms with E-state index >= 15 is 0 Å². The number of nitrogens with zero attached hydrogens (tertiary/aromatic N) is 3. The first-order chi connectivity index (χ1) is 17.6. The van der Waals surface area contributed by atoms with Gasteiger partial charge in [-0.2, -0.15) is 0 Å². The third kappa shape index (κ3) is 6.61. The number of piperidine rings is 1. The molecule has 4 rings (SSSR count). The third-order valence-electron chi connectivity index (χ3n) is 6.76. The largest absolute Gasteiger partial charge is 0.484 e. The van der Waals surface area contributed by atoms with Gasteiger partial charge in [-0.15, -0.1) is 0 Å². The fraction of sp³-hybridized carbons (Fsp3) is 0.414. The van der Waals surface area contributed by atoms with Crippen molar-refractivity contribution in [1.29, 1.82) is 0 Å². The highest BCUT2D eigenvalue weighted by atomic mass is 19.3. The van der Waals surface area contributed by atoms with Gasteiger partial charge in [-0.3, -0.25) is 0 Å². The molecule has 196 valence electrons. The summed E-state index contributed by atoms with van der Waals surface area (Å²) in [4.78, 5) is 22.5. The molecule has 37 heavy (non-hydrogen) atoms. The molecule has 0 amide bonds. The first kappa shape index (κ1) is 26.5. The highest BCUT2D eigenvalue weighted by Gasteiger charge is 2.28. The van der Waals surface area contributed by atoms with Crippen molar-refractivity contribution in [3.63, 3.8) is 0 Å². The molecule has 6 nitrogen and oxygen atoms in total. The van der Waals surface area contributed by atoms with Gasteiger partial charge in [0.05, 0.1) is 0 Å². The number of hydrogen-bond donors (Lipinski definition) is 1. The lowest BCUT2D eigenvalue weighted by molar-refractivity contribution is 0.0681. The number of aromatic nitrogens is 2. The summed E-state index contributed by atoms with van der Waals surface area (Å²) in [6, 6.07) is 17.5. The molecule has 2 heterocycles. The van der Waals surface area contributed by atoms with Crippen LogP contribution in [-0.4, -0.2) is 34.1 Å². The summed E-state index contributed by atoms with van der Waals surface area (Å²) in [5.41, 5.74) is 2.07. The molecule has 0 saturated carbocycles. The maximum Gasteiger partial charge on any atom is 0.358 e. The van der Waals surface area contributed by atoms with Crippen molar-refractivity contribution in [2.45, 2.75) is 58.5 Å². The molecule has 2 aromatic carbocycles. The van der Waals surface area contributed by atoms with Crippen molar-refractivity contribution in [2.75, 3.05) is 18.0 Å². The number of rotatable bonds is 8. The highest BCUT2D eigenvalue weighted by Crippen LogP contribution is 2.33. The monoisotopic (exact) mass is 509 g/mol. The Balaban J connectivity index is 1.45. The second-order valence-electron chi connectivity index (χ2n) is 10.5. The van der Waals surface area contributed by atoms with Crippen molar-refractivity contribution >= 4 is 11.7 Å². The first-order valence-electron chi connectivity index (χ1n) is 12.6. The standard InChI is InChI=1S/C29H33F2N3O3/c1-29(2,3)21-9-11-22(12-10-21)34-15-13-19(14-16-34)17-23-32-24(27(30)31)26(25(33-23)28(35)36)37-18-20-7-5-4-6-8-20/h4-12,19,27H,13-18H2,1-3H3,(H,35,36). The van der Waals surface area contributed by atoms with Crippen LogP contribution in [0.3, 0.4) is 0 Å². The Hall–Kier alpha value is -3.55. The van der Waals surface area contributed by atoms with Crippen LogP contribution in [0, 0.1) is 5.92 Å². The zero-order valence-electron chi connectivity index (χ0n) is 21.5. The zero-order chi connectivity index (χ0) is 26.6. The Morgan fingerprint density at radius 3 is 2.27 bits per heavy atom. The Labute approximate surface area is 216 Å². The molecule has 0 atom stereocenters. The van der Waals surface area contributed by atoms with E-state index in [1.807, 2.05) is 6.07 Å². The van der Waals surface area contributed by atoms with Crippen molar-refractivity contribution in [1.82, 2.24) is 9.97 Å². The van der Waals surface area contributed by atoms with Crippen LogP contribution >= 0.6 is 0 Å². The molecule has 0 spiro atoms. The van der Waals surface area contributed by atoms with E-state index in [-0.39, 0.29) is 23.8 Å². The Morgan fingerprint density at radius 1 is 1.05 bits per heavy atom. The molecule has 3 aromatic rings. The third-order valence-corrected chi connectivity index (χ3v) is 6.76. The molecule has 1 aliphatic heterocycles. The average molecular weight is 510 g/mol. The molecule has 8 heteroatoms. The lowest BCUT2D eigenvalue weighted by atomic mass is 9.87. The number of halogens is 2. The number of carboxylic acids is 1. The molecule has 1 saturated heterocycles. The molecule has 0 bridgehead atoms. The van der Waals surface area contributed by atoms with Crippen LogP contribution < -0.4 is 9.64 Å². The molecular formula is C29H33F2N3O3. The first-order valence-corrected chi connectivity index (χ1v) is 12.6. The van der Waals surface area contributed by atoms with Gasteiger partial charge >= 0.3 is 5.97 Å². The van der Waals surface area contributed by atoms with Crippen LogP contribution in [0.1, 0.15) is 73.2 Å². The van der Waals surface area contributed by atoms with E-state index in [4.69, 9.17) is 4.74 Å². The van der Waals surface area contributed by atoms with Gasteiger partial charge in [-0.05, 0) is 47.4 Å². The molecule has 1 fully saturated rings. The van der Waals surface area contributed by atoms with E-state index < -0.39 is 29.5 Å². The Kier molecular flexibility index (Phi) is 8.05. The van der Waals surface area contributed by atoms with Crippen molar-refractivity contribution < 1.29 is 23.4 Å². The second-order valence-corrected chi connectivity index (χ2v) is 10.5.